The lowest BCUT2D eigenvalue weighted by Crippen LogP contribution is -2.50. The second kappa shape index (κ2) is 10.4. The van der Waals surface area contributed by atoms with Crippen molar-refractivity contribution < 1.29 is 24.2 Å². The molecule has 0 aliphatic carbocycles. The first-order valence-electron chi connectivity index (χ1n) is 9.83. The number of carbonyl (C=O) groups excluding carboxylic acids is 2. The molecule has 1 heterocycles. The molecule has 0 bridgehead atoms. The number of carboxylic acids is 1. The molecule has 1 fully saturated rings. The van der Waals surface area contributed by atoms with Crippen molar-refractivity contribution in [3.63, 3.8) is 0 Å². The standard InChI is InChI=1S/C23H22N2O5S2/c1-14(22(28)29)24-20(26)15(2)25-21(27)19(32-23(25)31)12-17-9-6-10-18(11-17)30-13-16-7-4-3-5-8-16/h3-12,14-15H,13H2,1-2H3,(H,24,26)(H,28,29)/b19-12-. The number of hydrogen-bond acceptors (Lipinski definition) is 6. The number of ether oxygens (including phenoxy) is 1. The van der Waals surface area contributed by atoms with Crippen LogP contribution in [-0.2, 0) is 21.0 Å². The van der Waals surface area contributed by atoms with E-state index in [1.54, 1.807) is 6.08 Å². The van der Waals surface area contributed by atoms with E-state index in [2.05, 4.69) is 5.32 Å². The van der Waals surface area contributed by atoms with E-state index in [9.17, 15) is 14.4 Å². The van der Waals surface area contributed by atoms with Gasteiger partial charge in [-0.3, -0.25) is 19.3 Å². The monoisotopic (exact) mass is 470 g/mol. The van der Waals surface area contributed by atoms with Gasteiger partial charge in [0.15, 0.2) is 0 Å². The molecule has 9 heteroatoms. The van der Waals surface area contributed by atoms with Gasteiger partial charge in [-0.1, -0.05) is 66.4 Å². The van der Waals surface area contributed by atoms with Gasteiger partial charge in [-0.25, -0.2) is 0 Å². The second-order valence-electron chi connectivity index (χ2n) is 7.14. The fraction of sp³-hybridized carbons (Fsp3) is 0.217. The minimum Gasteiger partial charge on any atom is -0.489 e. The number of aliphatic carboxylic acids is 1. The van der Waals surface area contributed by atoms with E-state index in [-0.39, 0.29) is 4.32 Å². The van der Waals surface area contributed by atoms with Crippen molar-refractivity contribution in [2.45, 2.75) is 32.5 Å². The first-order valence-corrected chi connectivity index (χ1v) is 11.1. The predicted molar refractivity (Wildman–Crippen MR) is 127 cm³/mol. The number of rotatable bonds is 8. The third kappa shape index (κ3) is 5.74. The number of hydrogen-bond donors (Lipinski definition) is 2. The number of nitrogens with zero attached hydrogens (tertiary/aromatic N) is 1. The Bertz CT molecular complexity index is 1070. The van der Waals surface area contributed by atoms with Crippen LogP contribution >= 0.6 is 24.0 Å². The van der Waals surface area contributed by atoms with E-state index in [0.717, 1.165) is 22.9 Å². The number of thioether (sulfide) groups is 1. The van der Waals surface area contributed by atoms with E-state index < -0.39 is 29.9 Å². The lowest BCUT2D eigenvalue weighted by molar-refractivity contribution is -0.142. The summed E-state index contributed by atoms with van der Waals surface area (Å²) >= 11 is 6.39. The Morgan fingerprint density at radius 1 is 1.19 bits per heavy atom. The fourth-order valence-corrected chi connectivity index (χ4v) is 4.33. The van der Waals surface area contributed by atoms with Gasteiger partial charge in [-0.2, -0.15) is 0 Å². The first-order chi connectivity index (χ1) is 15.3. The summed E-state index contributed by atoms with van der Waals surface area (Å²) < 4.78 is 6.07. The Labute approximate surface area is 195 Å². The Balaban J connectivity index is 1.70. The Hall–Kier alpha value is -3.17. The SMILES string of the molecule is CC(NC(=O)C(C)N1C(=O)/C(=C/c2cccc(OCc3ccccc3)c2)SC1=S)C(=O)O. The fourth-order valence-electron chi connectivity index (χ4n) is 2.91. The molecule has 3 rings (SSSR count). The molecule has 0 radical (unpaired) electrons. The van der Waals surface area contributed by atoms with E-state index in [1.165, 1.54) is 18.7 Å². The highest BCUT2D eigenvalue weighted by molar-refractivity contribution is 8.26. The summed E-state index contributed by atoms with van der Waals surface area (Å²) in [6.45, 7) is 3.29. The summed E-state index contributed by atoms with van der Waals surface area (Å²) in [6.07, 6.45) is 1.69. The number of carbonyl (C=O) groups is 3. The van der Waals surface area contributed by atoms with Gasteiger partial charge in [0.1, 0.15) is 28.8 Å². The molecule has 2 amide bonds. The summed E-state index contributed by atoms with van der Waals surface area (Å²) in [5.41, 5.74) is 1.80. The smallest absolute Gasteiger partial charge is 0.325 e. The predicted octanol–water partition coefficient (Wildman–Crippen LogP) is 3.44. The molecule has 2 aromatic rings. The van der Waals surface area contributed by atoms with Crippen LogP contribution in [0.4, 0.5) is 0 Å². The molecule has 2 N–H and O–H groups in total. The van der Waals surface area contributed by atoms with E-state index in [4.69, 9.17) is 22.1 Å². The van der Waals surface area contributed by atoms with Gasteiger partial charge < -0.3 is 15.2 Å². The van der Waals surface area contributed by atoms with Crippen LogP contribution in [0.1, 0.15) is 25.0 Å². The molecule has 2 aromatic carbocycles. The topological polar surface area (TPSA) is 95.9 Å². The van der Waals surface area contributed by atoms with Crippen molar-refractivity contribution in [1.82, 2.24) is 10.2 Å². The van der Waals surface area contributed by atoms with Crippen LogP contribution < -0.4 is 10.1 Å². The zero-order valence-electron chi connectivity index (χ0n) is 17.5. The van der Waals surface area contributed by atoms with E-state index in [0.29, 0.717) is 17.3 Å². The summed E-state index contributed by atoms with van der Waals surface area (Å²) in [7, 11) is 0. The van der Waals surface area contributed by atoms with Crippen molar-refractivity contribution in [3.8, 4) is 5.75 Å². The normalized spacial score (nSPS) is 16.7. The molecule has 1 aliphatic rings. The molecule has 7 nitrogen and oxygen atoms in total. The van der Waals surface area contributed by atoms with Crippen molar-refractivity contribution in [2.75, 3.05) is 0 Å². The van der Waals surface area contributed by atoms with Crippen molar-refractivity contribution in [2.24, 2.45) is 0 Å². The molecule has 32 heavy (non-hydrogen) atoms. The zero-order chi connectivity index (χ0) is 23.3. The van der Waals surface area contributed by atoms with Crippen LogP contribution in [-0.4, -0.2) is 44.2 Å². The molecular formula is C23H22N2O5S2. The molecule has 0 spiro atoms. The molecule has 0 saturated carbocycles. The quantitative estimate of drug-likeness (QED) is 0.451. The van der Waals surface area contributed by atoms with Crippen LogP contribution in [0.15, 0.2) is 59.5 Å². The van der Waals surface area contributed by atoms with E-state index >= 15 is 0 Å². The maximum Gasteiger partial charge on any atom is 0.325 e. The van der Waals surface area contributed by atoms with Gasteiger partial charge in [-0.15, -0.1) is 0 Å². The van der Waals surface area contributed by atoms with Gasteiger partial charge in [0.05, 0.1) is 4.91 Å². The van der Waals surface area contributed by atoms with Gasteiger partial charge in [0.25, 0.3) is 5.91 Å². The summed E-state index contributed by atoms with van der Waals surface area (Å²) in [5.74, 6) is -1.49. The van der Waals surface area contributed by atoms with Gasteiger partial charge >= 0.3 is 5.97 Å². The minimum atomic E-state index is -1.16. The number of carboxylic acid groups (broad SMARTS) is 1. The Morgan fingerprint density at radius 2 is 1.91 bits per heavy atom. The highest BCUT2D eigenvalue weighted by atomic mass is 32.2. The number of benzene rings is 2. The number of thiocarbonyl (C=S) groups is 1. The van der Waals surface area contributed by atoms with Crippen molar-refractivity contribution in [3.05, 3.63) is 70.6 Å². The van der Waals surface area contributed by atoms with Crippen LogP contribution in [0.5, 0.6) is 5.75 Å². The second-order valence-corrected chi connectivity index (χ2v) is 8.82. The molecule has 2 unspecified atom stereocenters. The lowest BCUT2D eigenvalue weighted by atomic mass is 10.2. The molecule has 1 aliphatic heterocycles. The van der Waals surface area contributed by atoms with Gasteiger partial charge in [0, 0.05) is 0 Å². The average molecular weight is 471 g/mol. The van der Waals surface area contributed by atoms with Crippen LogP contribution in [0.25, 0.3) is 6.08 Å². The van der Waals surface area contributed by atoms with Gasteiger partial charge in [-0.05, 0) is 43.2 Å². The maximum atomic E-state index is 12.9. The zero-order valence-corrected chi connectivity index (χ0v) is 19.1. The van der Waals surface area contributed by atoms with Crippen LogP contribution in [0.3, 0.4) is 0 Å². The largest absolute Gasteiger partial charge is 0.489 e. The highest BCUT2D eigenvalue weighted by Crippen LogP contribution is 2.34. The van der Waals surface area contributed by atoms with E-state index in [1.807, 2.05) is 54.6 Å². The Morgan fingerprint density at radius 3 is 2.59 bits per heavy atom. The average Bonchev–Trinajstić information content (AvgIpc) is 3.05. The minimum absolute atomic E-state index is 0.239. The lowest BCUT2D eigenvalue weighted by Gasteiger charge is -2.23. The molecule has 166 valence electrons. The highest BCUT2D eigenvalue weighted by Gasteiger charge is 2.38. The third-order valence-corrected chi connectivity index (χ3v) is 6.05. The van der Waals surface area contributed by atoms with Crippen LogP contribution in [0, 0.1) is 0 Å². The molecule has 0 aromatic heterocycles. The number of amides is 2. The Kier molecular flexibility index (Phi) is 7.66. The summed E-state index contributed by atoms with van der Waals surface area (Å²) in [6, 6.07) is 15.1. The molecule has 1 saturated heterocycles. The molecular weight excluding hydrogens is 448 g/mol. The van der Waals surface area contributed by atoms with Crippen molar-refractivity contribution >= 4 is 52.2 Å². The third-order valence-electron chi connectivity index (χ3n) is 4.72. The number of nitrogens with one attached hydrogen (secondary N) is 1. The summed E-state index contributed by atoms with van der Waals surface area (Å²) in [4.78, 5) is 37.8. The molecule has 2 atom stereocenters. The maximum absolute atomic E-state index is 12.9. The van der Waals surface area contributed by atoms with Crippen LogP contribution in [0.2, 0.25) is 0 Å². The van der Waals surface area contributed by atoms with Crippen molar-refractivity contribution in [1.29, 1.82) is 0 Å². The summed E-state index contributed by atoms with van der Waals surface area (Å²) in [5, 5.41) is 11.3. The first kappa shape index (κ1) is 23.5. The van der Waals surface area contributed by atoms with Gasteiger partial charge in [0.2, 0.25) is 5.91 Å².